The second kappa shape index (κ2) is 4.56. The predicted molar refractivity (Wildman–Crippen MR) is 72.1 cm³/mol. The summed E-state index contributed by atoms with van der Waals surface area (Å²) in [4.78, 5) is 26.6. The van der Waals surface area contributed by atoms with E-state index in [9.17, 15) is 9.59 Å². The highest BCUT2D eigenvalue weighted by atomic mass is 16.2. The van der Waals surface area contributed by atoms with Crippen LogP contribution >= 0.6 is 0 Å². The van der Waals surface area contributed by atoms with Crippen LogP contribution in [0.15, 0.2) is 0 Å². The Morgan fingerprint density at radius 3 is 2.22 bits per heavy atom. The molecule has 0 aromatic rings. The van der Waals surface area contributed by atoms with Gasteiger partial charge in [-0.05, 0) is 32.6 Å². The van der Waals surface area contributed by atoms with Crippen molar-refractivity contribution in [1.29, 1.82) is 0 Å². The zero-order valence-corrected chi connectivity index (χ0v) is 12.6. The van der Waals surface area contributed by atoms with Crippen LogP contribution in [0.3, 0.4) is 0 Å². The van der Waals surface area contributed by atoms with Gasteiger partial charge in [-0.1, -0.05) is 27.7 Å². The smallest absolute Gasteiger partial charge is 0.246 e. The number of nitrogens with one attached hydrogen (secondary N) is 1. The fraction of sp³-hybridized carbons (Fsp3) is 0.857. The van der Waals surface area contributed by atoms with Crippen LogP contribution in [-0.4, -0.2) is 34.3 Å². The van der Waals surface area contributed by atoms with Gasteiger partial charge in [-0.2, -0.15) is 0 Å². The normalized spacial score (nSPS) is 25.9. The lowest BCUT2D eigenvalue weighted by Gasteiger charge is -2.49. The summed E-state index contributed by atoms with van der Waals surface area (Å²) < 4.78 is 0. The number of carbonyl (C=O) groups is 2. The molecule has 1 N–H and O–H groups in total. The maximum Gasteiger partial charge on any atom is 0.246 e. The molecule has 0 radical (unpaired) electrons. The number of hydrogen-bond acceptors (Lipinski definition) is 2. The van der Waals surface area contributed by atoms with Crippen LogP contribution in [-0.2, 0) is 9.59 Å². The summed E-state index contributed by atoms with van der Waals surface area (Å²) >= 11 is 0. The molecule has 0 aliphatic carbocycles. The lowest BCUT2D eigenvalue weighted by atomic mass is 9.81. The maximum atomic E-state index is 12.6. The summed E-state index contributed by atoms with van der Waals surface area (Å²) in [7, 11) is 0. The van der Waals surface area contributed by atoms with Crippen LogP contribution in [0.5, 0.6) is 0 Å². The Bertz CT molecular complexity index is 355. The van der Waals surface area contributed by atoms with Crippen molar-refractivity contribution in [2.24, 2.45) is 5.41 Å². The van der Waals surface area contributed by atoms with Gasteiger partial charge in [0.25, 0.3) is 0 Å². The molecular formula is C14H26N2O2. The third-order valence-corrected chi connectivity index (χ3v) is 3.82. The third-order valence-electron chi connectivity index (χ3n) is 3.82. The number of rotatable bonds is 2. The number of hydrogen-bond donors (Lipinski definition) is 1. The molecule has 0 aromatic heterocycles. The summed E-state index contributed by atoms with van der Waals surface area (Å²) in [5.41, 5.74) is -1.04. The Hall–Kier alpha value is -1.06. The first-order valence-corrected chi connectivity index (χ1v) is 6.67. The minimum absolute atomic E-state index is 0.0291. The molecule has 2 amide bonds. The molecule has 0 spiro atoms. The van der Waals surface area contributed by atoms with E-state index < -0.39 is 11.6 Å². The molecule has 1 fully saturated rings. The van der Waals surface area contributed by atoms with Gasteiger partial charge in [0.05, 0.1) is 0 Å². The van der Waals surface area contributed by atoms with Gasteiger partial charge >= 0.3 is 0 Å². The van der Waals surface area contributed by atoms with Crippen LogP contribution in [0.1, 0.15) is 54.9 Å². The Morgan fingerprint density at radius 2 is 1.83 bits per heavy atom. The quantitative estimate of drug-likeness (QED) is 0.818. The SMILES string of the molecule is CCC(C)N1C(=O)C(C(C)(C)C)NC(=O)C1(C)C. The number of nitrogens with zero attached hydrogens (tertiary/aromatic N) is 1. The van der Waals surface area contributed by atoms with Crippen molar-refractivity contribution < 1.29 is 9.59 Å². The van der Waals surface area contributed by atoms with Crippen molar-refractivity contribution in [3.63, 3.8) is 0 Å². The van der Waals surface area contributed by atoms with E-state index in [4.69, 9.17) is 0 Å². The summed E-state index contributed by atoms with van der Waals surface area (Å²) in [5, 5.41) is 2.88. The summed E-state index contributed by atoms with van der Waals surface area (Å²) in [5.74, 6) is -0.0382. The van der Waals surface area contributed by atoms with E-state index in [-0.39, 0.29) is 23.3 Å². The van der Waals surface area contributed by atoms with Crippen LogP contribution in [0.25, 0.3) is 0 Å². The minimum Gasteiger partial charge on any atom is -0.342 e. The highest BCUT2D eigenvalue weighted by Crippen LogP contribution is 2.31. The first-order chi connectivity index (χ1) is 8.03. The zero-order chi connectivity index (χ0) is 14.3. The standard InChI is InChI=1S/C14H26N2O2/c1-8-9(2)16-11(17)10(13(3,4)5)15-12(18)14(16,6)7/h9-10H,8H2,1-7H3,(H,15,18). The Morgan fingerprint density at radius 1 is 1.33 bits per heavy atom. The highest BCUT2D eigenvalue weighted by Gasteiger charge is 2.50. The molecule has 0 bridgehead atoms. The van der Waals surface area contributed by atoms with Crippen LogP contribution < -0.4 is 5.32 Å². The molecule has 0 saturated carbocycles. The van der Waals surface area contributed by atoms with Crippen molar-refractivity contribution in [3.05, 3.63) is 0 Å². The molecule has 18 heavy (non-hydrogen) atoms. The van der Waals surface area contributed by atoms with Gasteiger partial charge in [-0.3, -0.25) is 9.59 Å². The van der Waals surface area contributed by atoms with Gasteiger partial charge in [0.1, 0.15) is 11.6 Å². The van der Waals surface area contributed by atoms with Crippen molar-refractivity contribution >= 4 is 11.8 Å². The van der Waals surface area contributed by atoms with Gasteiger partial charge < -0.3 is 10.2 Å². The van der Waals surface area contributed by atoms with E-state index in [1.165, 1.54) is 0 Å². The molecule has 1 aliphatic rings. The molecular weight excluding hydrogens is 228 g/mol. The summed E-state index contributed by atoms with van der Waals surface area (Å²) in [6.07, 6.45) is 0.847. The summed E-state index contributed by atoms with van der Waals surface area (Å²) in [6, 6.07) is -0.365. The monoisotopic (exact) mass is 254 g/mol. The van der Waals surface area contributed by atoms with Gasteiger partial charge in [0.15, 0.2) is 0 Å². The molecule has 2 unspecified atom stereocenters. The minimum atomic E-state index is -0.770. The molecule has 0 aromatic carbocycles. The van der Waals surface area contributed by atoms with Crippen molar-refractivity contribution in [3.8, 4) is 0 Å². The number of amides is 2. The van der Waals surface area contributed by atoms with E-state index in [1.807, 2.05) is 48.5 Å². The fourth-order valence-corrected chi connectivity index (χ4v) is 2.43. The van der Waals surface area contributed by atoms with Crippen molar-refractivity contribution in [2.45, 2.75) is 72.5 Å². The Balaban J connectivity index is 3.18. The molecule has 1 heterocycles. The second-order valence-electron chi connectivity index (χ2n) is 6.80. The number of carbonyl (C=O) groups excluding carboxylic acids is 2. The molecule has 1 saturated heterocycles. The topological polar surface area (TPSA) is 49.4 Å². The Kier molecular flexibility index (Phi) is 3.80. The summed E-state index contributed by atoms with van der Waals surface area (Å²) in [6.45, 7) is 13.6. The third kappa shape index (κ3) is 2.38. The van der Waals surface area contributed by atoms with Crippen molar-refractivity contribution in [2.75, 3.05) is 0 Å². The largest absolute Gasteiger partial charge is 0.342 e. The molecule has 1 rings (SSSR count). The van der Waals surface area contributed by atoms with E-state index >= 15 is 0 Å². The average molecular weight is 254 g/mol. The van der Waals surface area contributed by atoms with E-state index in [0.717, 1.165) is 6.42 Å². The van der Waals surface area contributed by atoms with Crippen LogP contribution in [0.4, 0.5) is 0 Å². The molecule has 4 heteroatoms. The van der Waals surface area contributed by atoms with Gasteiger partial charge in [0.2, 0.25) is 11.8 Å². The lowest BCUT2D eigenvalue weighted by Crippen LogP contribution is -2.72. The first kappa shape index (κ1) is 15.0. The average Bonchev–Trinajstić information content (AvgIpc) is 2.21. The van der Waals surface area contributed by atoms with E-state index in [2.05, 4.69) is 5.32 Å². The first-order valence-electron chi connectivity index (χ1n) is 6.67. The van der Waals surface area contributed by atoms with Gasteiger partial charge in [0, 0.05) is 6.04 Å². The molecule has 1 aliphatic heterocycles. The zero-order valence-electron chi connectivity index (χ0n) is 12.6. The van der Waals surface area contributed by atoms with Gasteiger partial charge in [-0.25, -0.2) is 0 Å². The molecule has 4 nitrogen and oxygen atoms in total. The van der Waals surface area contributed by atoms with Gasteiger partial charge in [-0.15, -0.1) is 0 Å². The van der Waals surface area contributed by atoms with E-state index in [0.29, 0.717) is 0 Å². The highest BCUT2D eigenvalue weighted by molar-refractivity contribution is 5.99. The predicted octanol–water partition coefficient (Wildman–Crippen LogP) is 1.94. The Labute approximate surface area is 110 Å². The molecule has 104 valence electrons. The lowest BCUT2D eigenvalue weighted by molar-refractivity contribution is -0.161. The van der Waals surface area contributed by atoms with Crippen LogP contribution in [0.2, 0.25) is 0 Å². The van der Waals surface area contributed by atoms with E-state index in [1.54, 1.807) is 4.90 Å². The second-order valence-corrected chi connectivity index (χ2v) is 6.80. The van der Waals surface area contributed by atoms with Crippen molar-refractivity contribution in [1.82, 2.24) is 10.2 Å². The van der Waals surface area contributed by atoms with Crippen LogP contribution in [0, 0.1) is 5.41 Å². The maximum absolute atomic E-state index is 12.6. The number of piperazine rings is 1. The fourth-order valence-electron chi connectivity index (χ4n) is 2.43. The molecule has 2 atom stereocenters.